The molecule has 0 unspecified atom stereocenters. The fourth-order valence-electron chi connectivity index (χ4n) is 6.31. The van der Waals surface area contributed by atoms with Gasteiger partial charge in [0.2, 0.25) is 11.8 Å². The summed E-state index contributed by atoms with van der Waals surface area (Å²) in [5.74, 6) is -2.51. The molecule has 2 atom stereocenters. The van der Waals surface area contributed by atoms with Crippen LogP contribution in [0.5, 0.6) is 0 Å². The second-order valence-electron chi connectivity index (χ2n) is 16.0. The van der Waals surface area contributed by atoms with Crippen molar-refractivity contribution in [3.8, 4) is 0 Å². The van der Waals surface area contributed by atoms with Gasteiger partial charge in [0.1, 0.15) is 24.8 Å². The van der Waals surface area contributed by atoms with Crippen molar-refractivity contribution in [3.05, 3.63) is 0 Å². The summed E-state index contributed by atoms with van der Waals surface area (Å²) in [6.07, 6.45) is 20.5. The van der Waals surface area contributed by atoms with Crippen LogP contribution in [0, 0.1) is 11.8 Å². The summed E-state index contributed by atoms with van der Waals surface area (Å²) < 4.78 is 20.8. The van der Waals surface area contributed by atoms with Gasteiger partial charge < -0.3 is 39.8 Å². The number of carboxylic acids is 2. The number of unbranched alkanes of at least 4 members (excludes halogenated alkanes) is 14. The van der Waals surface area contributed by atoms with E-state index in [2.05, 4.69) is 10.6 Å². The number of hydrogen-bond acceptors (Lipinski definition) is 11. The Morgan fingerprint density at radius 3 is 1.56 bits per heavy atom. The van der Waals surface area contributed by atoms with E-state index in [0.717, 1.165) is 57.8 Å². The fourth-order valence-corrected chi connectivity index (χ4v) is 6.31. The molecule has 0 aliphatic heterocycles. The van der Waals surface area contributed by atoms with E-state index in [-0.39, 0.29) is 67.6 Å². The molecular weight excluding hydrogens is 801 g/mol. The quantitative estimate of drug-likeness (QED) is 0.0429. The van der Waals surface area contributed by atoms with Crippen LogP contribution < -0.4 is 10.6 Å². The molecule has 0 aliphatic carbocycles. The second kappa shape index (κ2) is 45.7. The summed E-state index contributed by atoms with van der Waals surface area (Å²) in [6.45, 7) is 11.2. The molecule has 0 heterocycles. The van der Waals surface area contributed by atoms with Crippen molar-refractivity contribution in [2.45, 2.75) is 182 Å². The molecule has 2 amide bonds. The Labute approximate surface area is 373 Å². The number of carboxylic acid groups (broad SMARTS) is 2. The SMILES string of the molecule is CCOCC(=O)CCCOCCOCC(=O)NCCCC[C@H](C)C(C)=O.CCOCCNC(=O)CC[C@H](CC(=O)CCCCCCCCCCCCCCCCC(=O)O)C(=O)O. The molecule has 0 spiro atoms. The summed E-state index contributed by atoms with van der Waals surface area (Å²) in [5.41, 5.74) is 0. The molecule has 362 valence electrons. The number of ether oxygens (including phenoxy) is 4. The van der Waals surface area contributed by atoms with E-state index in [9.17, 15) is 38.7 Å². The van der Waals surface area contributed by atoms with Crippen LogP contribution in [-0.4, -0.2) is 117 Å². The Kier molecular flexibility index (Phi) is 44.9. The smallest absolute Gasteiger partial charge is 0.306 e. The van der Waals surface area contributed by atoms with Crippen LogP contribution in [0.15, 0.2) is 0 Å². The maximum absolute atomic E-state index is 12.2. The van der Waals surface area contributed by atoms with Crippen LogP contribution >= 0.6 is 0 Å². The average molecular weight is 887 g/mol. The van der Waals surface area contributed by atoms with Crippen LogP contribution in [-0.2, 0) is 52.5 Å². The molecular formula is C47H86N2O13. The van der Waals surface area contributed by atoms with Crippen LogP contribution in [0.1, 0.15) is 182 Å². The topological polar surface area (TPSA) is 221 Å². The van der Waals surface area contributed by atoms with Gasteiger partial charge in [-0.05, 0) is 59.3 Å². The molecule has 0 bridgehead atoms. The van der Waals surface area contributed by atoms with E-state index in [0.29, 0.717) is 78.4 Å². The van der Waals surface area contributed by atoms with Gasteiger partial charge in [0.05, 0.1) is 25.7 Å². The average Bonchev–Trinajstić information content (AvgIpc) is 3.23. The molecule has 4 N–H and O–H groups in total. The van der Waals surface area contributed by atoms with E-state index >= 15 is 0 Å². The number of rotatable bonds is 45. The summed E-state index contributed by atoms with van der Waals surface area (Å²) >= 11 is 0. The van der Waals surface area contributed by atoms with Gasteiger partial charge in [0, 0.05) is 70.9 Å². The highest BCUT2D eigenvalue weighted by atomic mass is 16.5. The largest absolute Gasteiger partial charge is 0.481 e. The normalized spacial score (nSPS) is 11.9. The molecule has 0 aromatic rings. The standard InChI is InChI=1S/C28H51NO7.C19H35NO6/c1-2-36-22-21-29-26(31)20-19-24(28(34)35)23-25(30)17-15-13-11-9-7-5-3-4-6-8-10-12-14-16-18-27(32)33;1-4-24-14-18(22)9-7-11-25-12-13-26-15-19(23)20-10-6-5-8-16(2)17(3)21/h24H,2-23H2,1H3,(H,29,31)(H,32,33)(H,34,35);16H,4-15H2,1-3H3,(H,20,23)/t24-;16-/m10/s1. The highest BCUT2D eigenvalue weighted by molar-refractivity contribution is 5.84. The predicted octanol–water partition coefficient (Wildman–Crippen LogP) is 7.82. The van der Waals surface area contributed by atoms with Crippen molar-refractivity contribution in [1.29, 1.82) is 0 Å². The summed E-state index contributed by atoms with van der Waals surface area (Å²) in [7, 11) is 0. The minimum atomic E-state index is -1.01. The number of amides is 2. The van der Waals surface area contributed by atoms with E-state index in [1.165, 1.54) is 51.4 Å². The molecule has 0 rings (SSSR count). The summed E-state index contributed by atoms with van der Waals surface area (Å²) in [4.78, 5) is 79.9. The van der Waals surface area contributed by atoms with Crippen molar-refractivity contribution in [3.63, 3.8) is 0 Å². The highest BCUT2D eigenvalue weighted by Gasteiger charge is 2.22. The fraction of sp³-hybridized carbons (Fsp3) is 0.851. The maximum atomic E-state index is 12.2. The Balaban J connectivity index is 0. The Bertz CT molecular complexity index is 1170. The lowest BCUT2D eigenvalue weighted by molar-refractivity contribution is -0.144. The molecule has 15 heteroatoms. The monoisotopic (exact) mass is 887 g/mol. The predicted molar refractivity (Wildman–Crippen MR) is 240 cm³/mol. The van der Waals surface area contributed by atoms with Crippen LogP contribution in [0.25, 0.3) is 0 Å². The first-order valence-electron chi connectivity index (χ1n) is 23.7. The van der Waals surface area contributed by atoms with Crippen LogP contribution in [0.2, 0.25) is 0 Å². The highest BCUT2D eigenvalue weighted by Crippen LogP contribution is 2.17. The Hall–Kier alpha value is -3.27. The van der Waals surface area contributed by atoms with Gasteiger partial charge in [-0.3, -0.25) is 33.6 Å². The summed E-state index contributed by atoms with van der Waals surface area (Å²) in [5, 5.41) is 23.5. The first-order chi connectivity index (χ1) is 29.8. The number of carbonyl (C=O) groups is 7. The second-order valence-corrected chi connectivity index (χ2v) is 16.0. The number of Topliss-reactive ketones (excluding diaryl/α,β-unsaturated/α-hetero) is 3. The van der Waals surface area contributed by atoms with E-state index < -0.39 is 17.9 Å². The molecule has 0 saturated carbocycles. The van der Waals surface area contributed by atoms with Gasteiger partial charge in [-0.1, -0.05) is 90.4 Å². The van der Waals surface area contributed by atoms with Gasteiger partial charge >= 0.3 is 11.9 Å². The van der Waals surface area contributed by atoms with Gasteiger partial charge in [-0.25, -0.2) is 0 Å². The zero-order valence-electron chi connectivity index (χ0n) is 39.1. The lowest BCUT2D eigenvalue weighted by Crippen LogP contribution is -2.29. The number of nitrogens with one attached hydrogen (secondary N) is 2. The third-order valence-electron chi connectivity index (χ3n) is 10.3. The third-order valence-corrected chi connectivity index (χ3v) is 10.3. The zero-order chi connectivity index (χ0) is 46.5. The zero-order valence-corrected chi connectivity index (χ0v) is 39.1. The molecule has 15 nitrogen and oxygen atoms in total. The van der Waals surface area contributed by atoms with E-state index in [1.54, 1.807) is 6.92 Å². The Morgan fingerprint density at radius 1 is 0.484 bits per heavy atom. The lowest BCUT2D eigenvalue weighted by atomic mass is 9.94. The molecule has 0 aromatic heterocycles. The molecule has 0 aromatic carbocycles. The first kappa shape index (κ1) is 60.8. The minimum absolute atomic E-state index is 0.00386. The minimum Gasteiger partial charge on any atom is -0.481 e. The number of aliphatic carboxylic acids is 2. The lowest BCUT2D eigenvalue weighted by Gasteiger charge is -2.12. The molecule has 0 radical (unpaired) electrons. The van der Waals surface area contributed by atoms with Gasteiger partial charge in [-0.2, -0.15) is 0 Å². The maximum Gasteiger partial charge on any atom is 0.306 e. The van der Waals surface area contributed by atoms with E-state index in [1.807, 2.05) is 20.8 Å². The number of ketones is 3. The van der Waals surface area contributed by atoms with Crippen molar-refractivity contribution in [2.24, 2.45) is 11.8 Å². The van der Waals surface area contributed by atoms with Gasteiger partial charge in [-0.15, -0.1) is 0 Å². The molecule has 62 heavy (non-hydrogen) atoms. The Morgan fingerprint density at radius 2 is 1.02 bits per heavy atom. The van der Waals surface area contributed by atoms with Crippen molar-refractivity contribution >= 4 is 41.1 Å². The van der Waals surface area contributed by atoms with Crippen LogP contribution in [0.4, 0.5) is 0 Å². The molecule has 0 fully saturated rings. The summed E-state index contributed by atoms with van der Waals surface area (Å²) in [6, 6.07) is 0. The number of carbonyl (C=O) groups excluding carboxylic acids is 5. The van der Waals surface area contributed by atoms with Crippen molar-refractivity contribution < 1.29 is 62.7 Å². The number of hydrogen-bond donors (Lipinski definition) is 4. The van der Waals surface area contributed by atoms with Gasteiger partial charge in [0.15, 0.2) is 5.78 Å². The van der Waals surface area contributed by atoms with Gasteiger partial charge in [0.25, 0.3) is 0 Å². The van der Waals surface area contributed by atoms with E-state index in [4.69, 9.17) is 24.1 Å². The molecule has 0 saturated heterocycles. The van der Waals surface area contributed by atoms with Crippen molar-refractivity contribution in [1.82, 2.24) is 10.6 Å². The van der Waals surface area contributed by atoms with Crippen molar-refractivity contribution in [2.75, 3.05) is 65.9 Å². The van der Waals surface area contributed by atoms with Crippen LogP contribution in [0.3, 0.4) is 0 Å². The first-order valence-corrected chi connectivity index (χ1v) is 23.7. The molecule has 0 aliphatic rings. The third kappa shape index (κ3) is 46.2.